The zero-order valence-electron chi connectivity index (χ0n) is 11.7. The summed E-state index contributed by atoms with van der Waals surface area (Å²) in [7, 11) is 4.86. The summed E-state index contributed by atoms with van der Waals surface area (Å²) in [5.74, 6) is 1.13. The molecule has 19 heavy (non-hydrogen) atoms. The van der Waals surface area contributed by atoms with Crippen molar-refractivity contribution in [2.24, 2.45) is 14.5 Å². The molecule has 0 radical (unpaired) electrons. The summed E-state index contributed by atoms with van der Waals surface area (Å²) in [5.41, 5.74) is 0. The Balaban J connectivity index is 2.38. The summed E-state index contributed by atoms with van der Waals surface area (Å²) in [4.78, 5) is 8.02. The van der Waals surface area contributed by atoms with Gasteiger partial charge < -0.3 is 23.6 Å². The molecule has 2 rings (SSSR count). The molecule has 9 heteroatoms. The van der Waals surface area contributed by atoms with Crippen molar-refractivity contribution in [1.82, 2.24) is 9.80 Å². The molecule has 1 saturated heterocycles. The van der Waals surface area contributed by atoms with Gasteiger partial charge in [-0.3, -0.25) is 0 Å². The molecule has 2 aliphatic rings. The van der Waals surface area contributed by atoms with Crippen LogP contribution in [0.5, 0.6) is 0 Å². The topological polar surface area (TPSA) is 71.3 Å². The van der Waals surface area contributed by atoms with Gasteiger partial charge >= 0.3 is 7.66 Å². The highest BCUT2D eigenvalue weighted by Gasteiger charge is 2.30. The molecule has 0 aromatic carbocycles. The van der Waals surface area contributed by atoms with Crippen LogP contribution in [-0.2, 0) is 13.8 Å². The van der Waals surface area contributed by atoms with Crippen molar-refractivity contribution in [2.75, 3.05) is 54.6 Å². The molecule has 0 atom stereocenters. The zero-order chi connectivity index (χ0) is 13.9. The first-order valence-corrected chi connectivity index (χ1v) is 7.58. The molecule has 0 aromatic heterocycles. The highest BCUT2D eigenvalue weighted by Crippen LogP contribution is 2.55. The van der Waals surface area contributed by atoms with Crippen LogP contribution in [0.2, 0.25) is 0 Å². The fraction of sp³-hybridized carbons (Fsp3) is 0.800. The maximum absolute atomic E-state index is 5.75. The second-order valence-electron chi connectivity index (χ2n) is 4.47. The van der Waals surface area contributed by atoms with Crippen molar-refractivity contribution >= 4 is 19.6 Å². The molecule has 8 nitrogen and oxygen atoms in total. The molecule has 2 heterocycles. The Kier molecular flexibility index (Phi) is 4.57. The summed E-state index contributed by atoms with van der Waals surface area (Å²) in [6.45, 7) is 1.90. The number of hydrogen-bond donors (Lipinski definition) is 0. The van der Waals surface area contributed by atoms with E-state index in [1.165, 1.54) is 0 Å². The molecule has 1 fully saturated rings. The average Bonchev–Trinajstić information content (AvgIpc) is 2.34. The largest absolute Gasteiger partial charge is 0.377 e. The summed E-state index contributed by atoms with van der Waals surface area (Å²) < 4.78 is 25.7. The van der Waals surface area contributed by atoms with E-state index in [4.69, 9.17) is 13.8 Å². The van der Waals surface area contributed by atoms with E-state index in [1.807, 2.05) is 38.0 Å². The number of hydrogen-bond acceptors (Lipinski definition) is 8. The fourth-order valence-corrected chi connectivity index (χ4v) is 3.32. The van der Waals surface area contributed by atoms with E-state index in [0.717, 1.165) is 0 Å². The maximum Gasteiger partial charge on any atom is 0.347 e. The molecule has 0 bridgehead atoms. The van der Waals surface area contributed by atoms with E-state index >= 15 is 0 Å². The van der Waals surface area contributed by atoms with E-state index < -0.39 is 7.66 Å². The van der Waals surface area contributed by atoms with E-state index in [9.17, 15) is 0 Å². The van der Waals surface area contributed by atoms with Gasteiger partial charge in [0.05, 0.1) is 26.4 Å². The van der Waals surface area contributed by atoms with Gasteiger partial charge in [0.25, 0.3) is 0 Å². The number of nitrogens with zero attached hydrogens (tertiary/aromatic N) is 5. The molecular weight excluding hydrogens is 269 g/mol. The lowest BCUT2D eigenvalue weighted by atomic mass is 10.7. The van der Waals surface area contributed by atoms with Crippen LogP contribution >= 0.6 is 7.66 Å². The van der Waals surface area contributed by atoms with Crippen molar-refractivity contribution in [3.05, 3.63) is 0 Å². The van der Waals surface area contributed by atoms with Gasteiger partial charge in [0.15, 0.2) is 0 Å². The standard InChI is InChI=1S/C10H20N5O3P/c1-14(2)9-11-10(15(3)4)13-19(12-9)17-7-5-16-6-8-18-19/h5-8H2,1-4H3. The van der Waals surface area contributed by atoms with Crippen LogP contribution in [-0.4, -0.2) is 76.3 Å². The van der Waals surface area contributed by atoms with Gasteiger partial charge in [-0.2, -0.15) is 14.5 Å². The molecule has 2 aliphatic heterocycles. The Labute approximate surface area is 113 Å². The Morgan fingerprint density at radius 2 is 1.47 bits per heavy atom. The first-order valence-electron chi connectivity index (χ1n) is 6.05. The van der Waals surface area contributed by atoms with E-state index in [-0.39, 0.29) is 0 Å². The molecule has 0 amide bonds. The van der Waals surface area contributed by atoms with Gasteiger partial charge in [-0.25, -0.2) is 0 Å². The first kappa shape index (κ1) is 14.5. The molecule has 0 saturated carbocycles. The highest BCUT2D eigenvalue weighted by atomic mass is 31.2. The predicted octanol–water partition coefficient (Wildman–Crippen LogP) is 0.845. The lowest BCUT2D eigenvalue weighted by molar-refractivity contribution is 0.0507. The monoisotopic (exact) mass is 289 g/mol. The van der Waals surface area contributed by atoms with Gasteiger partial charge in [-0.1, -0.05) is 0 Å². The van der Waals surface area contributed by atoms with E-state index in [1.54, 1.807) is 0 Å². The summed E-state index contributed by atoms with van der Waals surface area (Å²) in [6.07, 6.45) is 0. The van der Waals surface area contributed by atoms with E-state index in [2.05, 4.69) is 14.5 Å². The van der Waals surface area contributed by atoms with Crippen LogP contribution < -0.4 is 0 Å². The minimum atomic E-state index is -2.66. The van der Waals surface area contributed by atoms with Crippen LogP contribution in [0.25, 0.3) is 0 Å². The lowest BCUT2D eigenvalue weighted by Gasteiger charge is -2.28. The number of guanidine groups is 2. The average molecular weight is 289 g/mol. The zero-order valence-corrected chi connectivity index (χ0v) is 12.6. The summed E-state index contributed by atoms with van der Waals surface area (Å²) >= 11 is 0. The second-order valence-corrected chi connectivity index (χ2v) is 6.37. The van der Waals surface area contributed by atoms with Crippen molar-refractivity contribution in [2.45, 2.75) is 0 Å². The van der Waals surface area contributed by atoms with Gasteiger partial charge in [0.1, 0.15) is 0 Å². The maximum atomic E-state index is 5.75. The van der Waals surface area contributed by atoms with Crippen LogP contribution in [0, 0.1) is 0 Å². The smallest absolute Gasteiger partial charge is 0.347 e. The molecule has 0 aliphatic carbocycles. The third-order valence-electron chi connectivity index (χ3n) is 2.41. The van der Waals surface area contributed by atoms with Crippen molar-refractivity contribution in [1.29, 1.82) is 0 Å². The predicted molar refractivity (Wildman–Crippen MR) is 74.3 cm³/mol. The van der Waals surface area contributed by atoms with Gasteiger partial charge in [0, 0.05) is 28.2 Å². The van der Waals surface area contributed by atoms with Crippen LogP contribution in [0.3, 0.4) is 0 Å². The number of ether oxygens (including phenoxy) is 1. The summed E-state index contributed by atoms with van der Waals surface area (Å²) in [5, 5.41) is 0. The van der Waals surface area contributed by atoms with Crippen LogP contribution in [0.1, 0.15) is 0 Å². The third-order valence-corrected chi connectivity index (χ3v) is 4.31. The molecule has 0 aromatic rings. The quantitative estimate of drug-likeness (QED) is 0.618. The lowest BCUT2D eigenvalue weighted by Crippen LogP contribution is -2.29. The van der Waals surface area contributed by atoms with Crippen molar-refractivity contribution in [3.63, 3.8) is 0 Å². The van der Waals surface area contributed by atoms with Crippen LogP contribution in [0.4, 0.5) is 0 Å². The van der Waals surface area contributed by atoms with Gasteiger partial charge in [-0.15, -0.1) is 0 Å². The number of rotatable bonds is 0. The second kappa shape index (κ2) is 6.00. The minimum Gasteiger partial charge on any atom is -0.377 e. The molecule has 0 unspecified atom stereocenters. The fourth-order valence-electron chi connectivity index (χ4n) is 1.45. The summed E-state index contributed by atoms with van der Waals surface area (Å²) in [6, 6.07) is 0. The van der Waals surface area contributed by atoms with E-state index in [0.29, 0.717) is 38.3 Å². The Morgan fingerprint density at radius 3 is 2.00 bits per heavy atom. The third kappa shape index (κ3) is 3.54. The SMILES string of the molecule is CN(C)C1=NC(N(C)C)=NP2(=N1)OCCOCCO2. The molecular formula is C10H20N5O3P. The molecule has 0 N–H and O–H groups in total. The van der Waals surface area contributed by atoms with Gasteiger partial charge in [-0.05, 0) is 0 Å². The highest BCUT2D eigenvalue weighted by molar-refractivity contribution is 7.55. The van der Waals surface area contributed by atoms with Crippen molar-refractivity contribution < 1.29 is 13.8 Å². The van der Waals surface area contributed by atoms with Crippen LogP contribution in [0.15, 0.2) is 14.5 Å². The Hall–Kier alpha value is -0.950. The first-order chi connectivity index (χ1) is 9.02. The minimum absolute atomic E-state index is 0.419. The normalized spacial score (nSPS) is 22.7. The number of aliphatic imine (C=N–C) groups is 1. The Morgan fingerprint density at radius 1 is 0.895 bits per heavy atom. The van der Waals surface area contributed by atoms with Crippen molar-refractivity contribution in [3.8, 4) is 0 Å². The van der Waals surface area contributed by atoms with Gasteiger partial charge in [0.2, 0.25) is 11.9 Å². The Bertz CT molecular complexity index is 426. The molecule has 108 valence electrons. The molecule has 1 spiro atoms.